The second-order valence-corrected chi connectivity index (χ2v) is 6.30. The van der Waals surface area contributed by atoms with E-state index in [1.54, 1.807) is 16.2 Å². The van der Waals surface area contributed by atoms with Gasteiger partial charge in [-0.25, -0.2) is 0 Å². The summed E-state index contributed by atoms with van der Waals surface area (Å²) in [5, 5.41) is 2.01. The summed E-state index contributed by atoms with van der Waals surface area (Å²) in [6.45, 7) is 2.57. The average Bonchev–Trinajstić information content (AvgIpc) is 2.95. The van der Waals surface area contributed by atoms with Crippen molar-refractivity contribution in [3.05, 3.63) is 51.7 Å². The first-order chi connectivity index (χ1) is 10.8. The highest BCUT2D eigenvalue weighted by atomic mass is 32.1. The van der Waals surface area contributed by atoms with Crippen LogP contribution in [0.2, 0.25) is 0 Å². The van der Waals surface area contributed by atoms with E-state index in [2.05, 4.69) is 4.74 Å². The van der Waals surface area contributed by atoms with E-state index in [0.717, 1.165) is 24.1 Å². The lowest BCUT2D eigenvalue weighted by atomic mass is 10.0. The molecular formula is C16H14F3NO2S. The SMILES string of the molecule is CC1c2ccsc2CCN1C(=O)c1ccc(OC(F)(F)F)cc1. The van der Waals surface area contributed by atoms with Gasteiger partial charge in [0.2, 0.25) is 0 Å². The van der Waals surface area contributed by atoms with Gasteiger partial charge < -0.3 is 9.64 Å². The van der Waals surface area contributed by atoms with Crippen molar-refractivity contribution in [2.24, 2.45) is 0 Å². The average molecular weight is 341 g/mol. The summed E-state index contributed by atoms with van der Waals surface area (Å²) in [7, 11) is 0. The van der Waals surface area contributed by atoms with Gasteiger partial charge in [-0.1, -0.05) is 0 Å². The number of halogens is 3. The molecule has 0 bridgehead atoms. The lowest BCUT2D eigenvalue weighted by Crippen LogP contribution is -2.38. The molecule has 1 atom stereocenters. The fourth-order valence-corrected chi connectivity index (χ4v) is 3.71. The van der Waals surface area contributed by atoms with Gasteiger partial charge in [-0.05, 0) is 54.6 Å². The monoisotopic (exact) mass is 341 g/mol. The molecule has 0 N–H and O–H groups in total. The molecule has 1 amide bonds. The Kier molecular flexibility index (Phi) is 4.06. The molecule has 3 nitrogen and oxygen atoms in total. The fourth-order valence-electron chi connectivity index (χ4n) is 2.75. The molecule has 1 aliphatic heterocycles. The number of ether oxygens (including phenoxy) is 1. The molecule has 1 unspecified atom stereocenters. The Labute approximate surface area is 135 Å². The Morgan fingerprint density at radius 3 is 2.61 bits per heavy atom. The topological polar surface area (TPSA) is 29.5 Å². The first-order valence-corrected chi connectivity index (χ1v) is 7.96. The number of carbonyl (C=O) groups excluding carboxylic acids is 1. The number of amides is 1. The standard InChI is InChI=1S/C16H14F3NO2S/c1-10-13-7-9-23-14(13)6-8-20(10)15(21)11-2-4-12(5-3-11)22-16(17,18)19/h2-5,7,9-10H,6,8H2,1H3. The lowest BCUT2D eigenvalue weighted by molar-refractivity contribution is -0.274. The Bertz CT molecular complexity index is 709. The zero-order valence-electron chi connectivity index (χ0n) is 12.3. The number of nitrogens with zero attached hydrogens (tertiary/aromatic N) is 1. The maximum Gasteiger partial charge on any atom is 0.573 e. The molecule has 1 aliphatic rings. The van der Waals surface area contributed by atoms with Gasteiger partial charge in [-0.3, -0.25) is 4.79 Å². The van der Waals surface area contributed by atoms with Crippen LogP contribution in [0.15, 0.2) is 35.7 Å². The van der Waals surface area contributed by atoms with Gasteiger partial charge in [0.25, 0.3) is 5.91 Å². The third-order valence-electron chi connectivity index (χ3n) is 3.87. The smallest absolute Gasteiger partial charge is 0.406 e. The lowest BCUT2D eigenvalue weighted by Gasteiger charge is -2.33. The van der Waals surface area contributed by atoms with E-state index in [4.69, 9.17) is 0 Å². The number of fused-ring (bicyclic) bond motifs is 1. The summed E-state index contributed by atoms with van der Waals surface area (Å²) < 4.78 is 40.3. The van der Waals surface area contributed by atoms with E-state index in [1.807, 2.05) is 18.4 Å². The molecule has 1 aromatic carbocycles. The van der Waals surface area contributed by atoms with Gasteiger partial charge in [0.05, 0.1) is 6.04 Å². The Morgan fingerprint density at radius 1 is 1.26 bits per heavy atom. The first-order valence-electron chi connectivity index (χ1n) is 7.08. The molecule has 0 saturated carbocycles. The summed E-state index contributed by atoms with van der Waals surface area (Å²) in [6.07, 6.45) is -3.93. The molecule has 23 heavy (non-hydrogen) atoms. The van der Waals surface area contributed by atoms with Crippen molar-refractivity contribution in [3.8, 4) is 5.75 Å². The van der Waals surface area contributed by atoms with Crippen molar-refractivity contribution < 1.29 is 22.7 Å². The summed E-state index contributed by atoms with van der Waals surface area (Å²) in [5.41, 5.74) is 1.50. The number of carbonyl (C=O) groups is 1. The van der Waals surface area contributed by atoms with Crippen LogP contribution in [0.25, 0.3) is 0 Å². The van der Waals surface area contributed by atoms with Crippen LogP contribution in [0.3, 0.4) is 0 Å². The van der Waals surface area contributed by atoms with Gasteiger partial charge in [0.15, 0.2) is 0 Å². The van der Waals surface area contributed by atoms with Crippen LogP contribution in [-0.2, 0) is 6.42 Å². The number of hydrogen-bond acceptors (Lipinski definition) is 3. The van der Waals surface area contributed by atoms with E-state index >= 15 is 0 Å². The van der Waals surface area contributed by atoms with Crippen LogP contribution in [-0.4, -0.2) is 23.7 Å². The minimum Gasteiger partial charge on any atom is -0.406 e. The largest absolute Gasteiger partial charge is 0.573 e. The molecule has 122 valence electrons. The van der Waals surface area contributed by atoms with Gasteiger partial charge in [-0.15, -0.1) is 24.5 Å². The van der Waals surface area contributed by atoms with Gasteiger partial charge in [0, 0.05) is 17.0 Å². The number of benzene rings is 1. The molecule has 0 saturated heterocycles. The van der Waals surface area contributed by atoms with Gasteiger partial charge >= 0.3 is 6.36 Å². The van der Waals surface area contributed by atoms with Crippen LogP contribution in [0.1, 0.15) is 33.8 Å². The summed E-state index contributed by atoms with van der Waals surface area (Å²) >= 11 is 1.68. The predicted octanol–water partition coefficient (Wildman–Crippen LogP) is 4.41. The zero-order chi connectivity index (χ0) is 16.6. The fraction of sp³-hybridized carbons (Fsp3) is 0.312. The Hall–Kier alpha value is -2.02. The van der Waals surface area contributed by atoms with E-state index in [9.17, 15) is 18.0 Å². The second-order valence-electron chi connectivity index (χ2n) is 5.30. The minimum absolute atomic E-state index is 0.0383. The second kappa shape index (κ2) is 5.88. The van der Waals surface area contributed by atoms with Crippen LogP contribution >= 0.6 is 11.3 Å². The molecule has 0 radical (unpaired) electrons. The van der Waals surface area contributed by atoms with Crippen molar-refractivity contribution in [1.29, 1.82) is 0 Å². The number of alkyl halides is 3. The maximum atomic E-state index is 12.6. The molecule has 2 aromatic rings. The number of rotatable bonds is 2. The van der Waals surface area contributed by atoms with Gasteiger partial charge in [0.1, 0.15) is 5.75 Å². The predicted molar refractivity (Wildman–Crippen MR) is 80.6 cm³/mol. The van der Waals surface area contributed by atoms with Crippen LogP contribution in [0.4, 0.5) is 13.2 Å². The van der Waals surface area contributed by atoms with E-state index in [1.165, 1.54) is 17.0 Å². The summed E-state index contributed by atoms with van der Waals surface area (Å²) in [6, 6.07) is 7.02. The molecule has 0 fully saturated rings. The molecule has 2 heterocycles. The van der Waals surface area contributed by atoms with E-state index < -0.39 is 6.36 Å². The summed E-state index contributed by atoms with van der Waals surface area (Å²) in [5.74, 6) is -0.520. The van der Waals surface area contributed by atoms with Crippen molar-refractivity contribution in [3.63, 3.8) is 0 Å². The zero-order valence-corrected chi connectivity index (χ0v) is 13.1. The number of hydrogen-bond donors (Lipinski definition) is 0. The van der Waals surface area contributed by atoms with Crippen LogP contribution in [0, 0.1) is 0 Å². The molecule has 0 aliphatic carbocycles. The van der Waals surface area contributed by atoms with Crippen molar-refractivity contribution in [2.75, 3.05) is 6.54 Å². The van der Waals surface area contributed by atoms with Crippen LogP contribution < -0.4 is 4.74 Å². The van der Waals surface area contributed by atoms with Crippen molar-refractivity contribution in [1.82, 2.24) is 4.90 Å². The quantitative estimate of drug-likeness (QED) is 0.810. The molecule has 0 spiro atoms. The van der Waals surface area contributed by atoms with Crippen LogP contribution in [0.5, 0.6) is 5.75 Å². The van der Waals surface area contributed by atoms with Gasteiger partial charge in [-0.2, -0.15) is 0 Å². The summed E-state index contributed by atoms with van der Waals surface area (Å²) in [4.78, 5) is 15.6. The highest BCUT2D eigenvalue weighted by Gasteiger charge is 2.32. The van der Waals surface area contributed by atoms with E-state index in [0.29, 0.717) is 12.1 Å². The third kappa shape index (κ3) is 3.34. The Balaban J connectivity index is 1.76. The minimum atomic E-state index is -4.73. The first kappa shape index (κ1) is 15.9. The normalized spacial score (nSPS) is 17.7. The molecular weight excluding hydrogens is 327 g/mol. The molecule has 1 aromatic heterocycles. The maximum absolute atomic E-state index is 12.6. The molecule has 7 heteroatoms. The highest BCUT2D eigenvalue weighted by molar-refractivity contribution is 7.10. The number of thiophene rings is 1. The van der Waals surface area contributed by atoms with Crippen molar-refractivity contribution in [2.45, 2.75) is 25.7 Å². The third-order valence-corrected chi connectivity index (χ3v) is 4.87. The van der Waals surface area contributed by atoms with E-state index in [-0.39, 0.29) is 17.7 Å². The molecule has 3 rings (SSSR count). The Morgan fingerprint density at radius 2 is 1.96 bits per heavy atom. The van der Waals surface area contributed by atoms with Crippen molar-refractivity contribution >= 4 is 17.2 Å². The highest BCUT2D eigenvalue weighted by Crippen LogP contribution is 2.34.